The van der Waals surface area contributed by atoms with Gasteiger partial charge in [0.2, 0.25) is 0 Å². The summed E-state index contributed by atoms with van der Waals surface area (Å²) in [5.41, 5.74) is 5.65. The third-order valence-electron chi connectivity index (χ3n) is 1.27. The molecule has 3 N–H and O–H groups in total. The third-order valence-corrected chi connectivity index (χ3v) is 1.89. The highest BCUT2D eigenvalue weighted by atomic mass is 35.5. The summed E-state index contributed by atoms with van der Waals surface area (Å²) in [6.45, 7) is 1.52. The van der Waals surface area contributed by atoms with Crippen molar-refractivity contribution in [1.82, 2.24) is 9.97 Å². The highest BCUT2D eigenvalue weighted by Gasteiger charge is 2.12. The van der Waals surface area contributed by atoms with E-state index in [1.54, 1.807) is 0 Å². The molecule has 0 aliphatic carbocycles. The maximum atomic E-state index is 9.14. The van der Waals surface area contributed by atoms with Crippen LogP contribution in [0.4, 0.5) is 5.82 Å². The minimum Gasteiger partial charge on any atom is -0.387 e. The van der Waals surface area contributed by atoms with Crippen molar-refractivity contribution in [2.45, 2.75) is 13.0 Å². The molecule has 12 heavy (non-hydrogen) atoms. The molecule has 0 fully saturated rings. The molecule has 0 aliphatic rings. The number of aromatic nitrogens is 2. The molecule has 4 nitrogen and oxygen atoms in total. The number of halogens is 2. The molecule has 1 atom stereocenters. The molecule has 1 rings (SSSR count). The van der Waals surface area contributed by atoms with E-state index >= 15 is 0 Å². The maximum Gasteiger partial charge on any atom is 0.168 e. The monoisotopic (exact) mass is 207 g/mol. The maximum absolute atomic E-state index is 9.14. The first kappa shape index (κ1) is 9.51. The SMILES string of the molecule is CC(O)c1nc(Cl)c(Cl)nc1N. The van der Waals surface area contributed by atoms with Crippen LogP contribution in [-0.4, -0.2) is 15.1 Å². The van der Waals surface area contributed by atoms with Gasteiger partial charge in [0.25, 0.3) is 0 Å². The van der Waals surface area contributed by atoms with Crippen LogP contribution in [-0.2, 0) is 0 Å². The van der Waals surface area contributed by atoms with E-state index in [2.05, 4.69) is 9.97 Å². The van der Waals surface area contributed by atoms with Gasteiger partial charge in [0.1, 0.15) is 11.5 Å². The second-order valence-electron chi connectivity index (χ2n) is 2.25. The minimum atomic E-state index is -0.799. The van der Waals surface area contributed by atoms with Gasteiger partial charge in [-0.1, -0.05) is 23.2 Å². The van der Waals surface area contributed by atoms with Crippen LogP contribution >= 0.6 is 23.2 Å². The van der Waals surface area contributed by atoms with Crippen molar-refractivity contribution < 1.29 is 5.11 Å². The van der Waals surface area contributed by atoms with Crippen molar-refractivity contribution >= 4 is 29.0 Å². The number of nitrogen functional groups attached to an aromatic ring is 1. The lowest BCUT2D eigenvalue weighted by Crippen LogP contribution is -2.05. The standard InChI is InChI=1S/C6H7Cl2N3O/c1-2(12)3-6(9)11-5(8)4(7)10-3/h2,12H,1H3,(H2,9,11). The van der Waals surface area contributed by atoms with Gasteiger partial charge in [-0.15, -0.1) is 0 Å². The van der Waals surface area contributed by atoms with E-state index in [-0.39, 0.29) is 21.8 Å². The molecule has 0 amide bonds. The highest BCUT2D eigenvalue weighted by Crippen LogP contribution is 2.23. The summed E-state index contributed by atoms with van der Waals surface area (Å²) in [6.07, 6.45) is -0.799. The lowest BCUT2D eigenvalue weighted by Gasteiger charge is -2.06. The van der Waals surface area contributed by atoms with Crippen LogP contribution in [0.5, 0.6) is 0 Å². The molecule has 1 aromatic heterocycles. The molecule has 1 aromatic rings. The Hall–Kier alpha value is -0.580. The molecule has 1 unspecified atom stereocenters. The van der Waals surface area contributed by atoms with Crippen LogP contribution in [0.25, 0.3) is 0 Å². The van der Waals surface area contributed by atoms with Gasteiger partial charge in [-0.05, 0) is 6.92 Å². The van der Waals surface area contributed by atoms with Crippen LogP contribution in [0, 0.1) is 0 Å². The zero-order valence-corrected chi connectivity index (χ0v) is 7.76. The predicted molar refractivity (Wildman–Crippen MR) is 47.1 cm³/mol. The molecule has 0 saturated heterocycles. The first-order valence-electron chi connectivity index (χ1n) is 3.19. The van der Waals surface area contributed by atoms with E-state index in [4.69, 9.17) is 34.0 Å². The van der Waals surface area contributed by atoms with Gasteiger partial charge in [-0.2, -0.15) is 0 Å². The Morgan fingerprint density at radius 2 is 1.83 bits per heavy atom. The molecule has 66 valence electrons. The Morgan fingerprint density at radius 3 is 2.33 bits per heavy atom. The molecular weight excluding hydrogens is 201 g/mol. The number of hydrogen-bond acceptors (Lipinski definition) is 4. The van der Waals surface area contributed by atoms with Crippen molar-refractivity contribution in [2.75, 3.05) is 5.73 Å². The number of aliphatic hydroxyl groups is 1. The smallest absolute Gasteiger partial charge is 0.168 e. The Labute approximate surface area is 79.3 Å². The fourth-order valence-electron chi connectivity index (χ4n) is 0.726. The fourth-order valence-corrected chi connectivity index (χ4v) is 0.992. The van der Waals surface area contributed by atoms with Crippen LogP contribution in [0.1, 0.15) is 18.7 Å². The number of nitrogens with zero attached hydrogens (tertiary/aromatic N) is 2. The van der Waals surface area contributed by atoms with E-state index < -0.39 is 6.10 Å². The lowest BCUT2D eigenvalue weighted by molar-refractivity contribution is 0.195. The molecule has 6 heteroatoms. The Balaban J connectivity index is 3.23. The van der Waals surface area contributed by atoms with E-state index in [0.717, 1.165) is 0 Å². The average molecular weight is 208 g/mol. The number of nitrogens with two attached hydrogens (primary N) is 1. The Bertz CT molecular complexity index is 303. The minimum absolute atomic E-state index is 0.0403. The summed E-state index contributed by atoms with van der Waals surface area (Å²) in [6, 6.07) is 0. The summed E-state index contributed by atoms with van der Waals surface area (Å²) < 4.78 is 0. The Kier molecular flexibility index (Phi) is 2.72. The van der Waals surface area contributed by atoms with E-state index in [9.17, 15) is 0 Å². The van der Waals surface area contributed by atoms with E-state index in [1.807, 2.05) is 0 Å². The summed E-state index contributed by atoms with van der Waals surface area (Å²) in [5.74, 6) is 0.0967. The number of rotatable bonds is 1. The molecule has 1 heterocycles. The lowest BCUT2D eigenvalue weighted by atomic mass is 10.3. The zero-order valence-electron chi connectivity index (χ0n) is 6.25. The van der Waals surface area contributed by atoms with Gasteiger partial charge >= 0.3 is 0 Å². The first-order valence-corrected chi connectivity index (χ1v) is 3.94. The van der Waals surface area contributed by atoms with Gasteiger partial charge in [0.15, 0.2) is 10.3 Å². The molecule has 0 aromatic carbocycles. The molecular formula is C6H7Cl2N3O. The number of aliphatic hydroxyl groups excluding tert-OH is 1. The van der Waals surface area contributed by atoms with Gasteiger partial charge in [0, 0.05) is 0 Å². The molecule has 0 saturated carbocycles. The molecule has 0 aliphatic heterocycles. The largest absolute Gasteiger partial charge is 0.387 e. The normalized spacial score (nSPS) is 13.0. The van der Waals surface area contributed by atoms with Gasteiger partial charge in [-0.3, -0.25) is 0 Å². The van der Waals surface area contributed by atoms with Crippen molar-refractivity contribution in [3.8, 4) is 0 Å². The second-order valence-corrected chi connectivity index (χ2v) is 2.97. The summed E-state index contributed by atoms with van der Waals surface area (Å²) in [5, 5.41) is 9.22. The third kappa shape index (κ3) is 1.77. The van der Waals surface area contributed by atoms with Crippen LogP contribution in [0.2, 0.25) is 10.3 Å². The van der Waals surface area contributed by atoms with Gasteiger partial charge in [0.05, 0.1) is 6.10 Å². The Morgan fingerprint density at radius 1 is 1.33 bits per heavy atom. The van der Waals surface area contributed by atoms with Crippen LogP contribution in [0.3, 0.4) is 0 Å². The average Bonchev–Trinajstić information content (AvgIpc) is 1.96. The highest BCUT2D eigenvalue weighted by molar-refractivity contribution is 6.40. The van der Waals surface area contributed by atoms with Gasteiger partial charge < -0.3 is 10.8 Å². The summed E-state index contributed by atoms with van der Waals surface area (Å²) in [4.78, 5) is 7.45. The summed E-state index contributed by atoms with van der Waals surface area (Å²) >= 11 is 11.1. The van der Waals surface area contributed by atoms with Crippen molar-refractivity contribution in [1.29, 1.82) is 0 Å². The second kappa shape index (κ2) is 3.43. The van der Waals surface area contributed by atoms with Crippen molar-refractivity contribution in [2.24, 2.45) is 0 Å². The molecule has 0 bridgehead atoms. The van der Waals surface area contributed by atoms with E-state index in [0.29, 0.717) is 0 Å². The number of anilines is 1. The quantitative estimate of drug-likeness (QED) is 0.731. The fraction of sp³-hybridized carbons (Fsp3) is 0.333. The van der Waals surface area contributed by atoms with Crippen molar-refractivity contribution in [3.63, 3.8) is 0 Å². The molecule has 0 spiro atoms. The van der Waals surface area contributed by atoms with Gasteiger partial charge in [-0.25, -0.2) is 9.97 Å². The number of hydrogen-bond donors (Lipinski definition) is 2. The first-order chi connectivity index (χ1) is 5.52. The van der Waals surface area contributed by atoms with E-state index in [1.165, 1.54) is 6.92 Å². The van der Waals surface area contributed by atoms with Crippen molar-refractivity contribution in [3.05, 3.63) is 16.0 Å². The van der Waals surface area contributed by atoms with Crippen LogP contribution in [0.15, 0.2) is 0 Å². The van der Waals surface area contributed by atoms with Crippen LogP contribution < -0.4 is 5.73 Å². The molecule has 0 radical (unpaired) electrons. The zero-order chi connectivity index (χ0) is 9.30. The topological polar surface area (TPSA) is 72.0 Å². The predicted octanol–water partition coefficient (Wildman–Crippen LogP) is 1.42. The summed E-state index contributed by atoms with van der Waals surface area (Å²) in [7, 11) is 0.